The Morgan fingerprint density at radius 2 is 1.77 bits per heavy atom. The number of hydrogen-bond donors (Lipinski definition) is 0. The average Bonchev–Trinajstić information content (AvgIpc) is 2.88. The van der Waals surface area contributed by atoms with E-state index in [0.717, 1.165) is 16.8 Å². The third-order valence-corrected chi connectivity index (χ3v) is 2.83. The zero-order valence-corrected chi connectivity index (χ0v) is 12.9. The lowest BCUT2D eigenvalue weighted by Gasteiger charge is -1.99. The highest BCUT2D eigenvalue weighted by molar-refractivity contribution is 6.05. The number of ether oxygens (including phenoxy) is 1. The zero-order chi connectivity index (χ0) is 16.5. The monoisotopic (exact) mass is 294 g/mol. The van der Waals surface area contributed by atoms with E-state index in [1.807, 2.05) is 57.2 Å². The van der Waals surface area contributed by atoms with Gasteiger partial charge in [-0.05, 0) is 36.8 Å². The summed E-state index contributed by atoms with van der Waals surface area (Å²) in [6.45, 7) is 9.43. The first-order chi connectivity index (χ1) is 10.7. The second-order valence-electron chi connectivity index (χ2n) is 4.17. The van der Waals surface area contributed by atoms with Gasteiger partial charge in [0.25, 0.3) is 0 Å². The molecule has 0 fully saturated rings. The normalized spacial score (nSPS) is 13.1. The Morgan fingerprint density at radius 1 is 1.14 bits per heavy atom. The molecule has 0 unspecified atom stereocenters. The summed E-state index contributed by atoms with van der Waals surface area (Å²) in [5.74, 6) is 0.309. The van der Waals surface area contributed by atoms with Crippen molar-refractivity contribution in [1.82, 2.24) is 4.98 Å². The highest BCUT2D eigenvalue weighted by Crippen LogP contribution is 2.30. The molecule has 2 aromatic rings. The Kier molecular flexibility index (Phi) is 6.52. The molecule has 3 rings (SSSR count). The summed E-state index contributed by atoms with van der Waals surface area (Å²) >= 11 is 0. The van der Waals surface area contributed by atoms with Crippen LogP contribution in [0.1, 0.15) is 41.0 Å². The van der Waals surface area contributed by atoms with Crippen molar-refractivity contribution in [3.8, 4) is 6.57 Å². The summed E-state index contributed by atoms with van der Waals surface area (Å²) in [6.07, 6.45) is 3.60. The lowest BCUT2D eigenvalue weighted by atomic mass is 10.1. The summed E-state index contributed by atoms with van der Waals surface area (Å²) in [6, 6.07) is 11.2. The van der Waals surface area contributed by atoms with Gasteiger partial charge in [-0.1, -0.05) is 32.0 Å². The minimum atomic E-state index is -0.289. The first-order valence-corrected chi connectivity index (χ1v) is 6.96. The van der Waals surface area contributed by atoms with Crippen LogP contribution in [0.4, 0.5) is 0 Å². The summed E-state index contributed by atoms with van der Waals surface area (Å²) in [5.41, 5.74) is 3.37. The van der Waals surface area contributed by atoms with Gasteiger partial charge < -0.3 is 4.74 Å². The van der Waals surface area contributed by atoms with Crippen molar-refractivity contribution in [3.05, 3.63) is 65.0 Å². The first kappa shape index (κ1) is 17.1. The minimum Gasteiger partial charge on any atom is -0.422 e. The molecule has 1 aromatic carbocycles. The fourth-order valence-electron chi connectivity index (χ4n) is 2.00. The van der Waals surface area contributed by atoms with E-state index in [-0.39, 0.29) is 5.97 Å². The molecule has 2 heterocycles. The molecular formula is C18H18N2O2. The van der Waals surface area contributed by atoms with Gasteiger partial charge in [0.05, 0.1) is 5.56 Å². The van der Waals surface area contributed by atoms with Crippen LogP contribution in [0.3, 0.4) is 0 Å². The Hall–Kier alpha value is -2.93. The fraction of sp³-hybridized carbons (Fsp3) is 0.167. The van der Waals surface area contributed by atoms with Gasteiger partial charge in [-0.25, -0.2) is 10.1 Å². The minimum absolute atomic E-state index is 0.289. The number of esters is 1. The molecule has 0 aliphatic carbocycles. The molecule has 112 valence electrons. The maximum atomic E-state index is 11.7. The van der Waals surface area contributed by atoms with E-state index < -0.39 is 0 Å². The van der Waals surface area contributed by atoms with Crippen LogP contribution in [-0.2, 0) is 4.74 Å². The Balaban J connectivity index is 0.000000561. The number of nitriles is 1. The second-order valence-corrected chi connectivity index (χ2v) is 4.17. The lowest BCUT2D eigenvalue weighted by Crippen LogP contribution is -1.92. The number of fused-ring (bicyclic) bond motifs is 1. The van der Waals surface area contributed by atoms with Crippen molar-refractivity contribution in [2.45, 2.75) is 20.8 Å². The summed E-state index contributed by atoms with van der Waals surface area (Å²) < 4.78 is 5.28. The van der Waals surface area contributed by atoms with Gasteiger partial charge in [0.2, 0.25) is 0 Å². The van der Waals surface area contributed by atoms with Gasteiger partial charge in [0.15, 0.2) is 0 Å². The van der Waals surface area contributed by atoms with Crippen molar-refractivity contribution >= 4 is 17.8 Å². The molecule has 1 aliphatic rings. The predicted octanol–water partition coefficient (Wildman–Crippen LogP) is 4.22. The highest BCUT2D eigenvalue weighted by Gasteiger charge is 2.25. The van der Waals surface area contributed by atoms with E-state index in [0.29, 0.717) is 11.3 Å². The summed E-state index contributed by atoms with van der Waals surface area (Å²) in [4.78, 5) is 15.8. The molecule has 0 amide bonds. The lowest BCUT2D eigenvalue weighted by molar-refractivity contribution is 0.0717. The van der Waals surface area contributed by atoms with E-state index in [2.05, 4.69) is 11.6 Å². The number of nitrogens with zero attached hydrogens (tertiary/aromatic N) is 2. The maximum absolute atomic E-state index is 11.7. The van der Waals surface area contributed by atoms with Crippen LogP contribution in [0.25, 0.3) is 11.8 Å². The molecule has 1 aliphatic heterocycles. The molecule has 4 heteroatoms. The Bertz CT molecular complexity index is 703. The molecule has 1 aromatic heterocycles. The van der Waals surface area contributed by atoms with Gasteiger partial charge in [-0.15, -0.1) is 0 Å². The second kappa shape index (κ2) is 8.38. The van der Waals surface area contributed by atoms with E-state index >= 15 is 0 Å². The summed E-state index contributed by atoms with van der Waals surface area (Å²) in [7, 11) is 0. The molecule has 0 saturated heterocycles. The number of benzene rings is 1. The van der Waals surface area contributed by atoms with Crippen molar-refractivity contribution in [2.75, 3.05) is 0 Å². The van der Waals surface area contributed by atoms with Gasteiger partial charge in [0, 0.05) is 24.0 Å². The van der Waals surface area contributed by atoms with Crippen molar-refractivity contribution in [1.29, 1.82) is 5.26 Å². The molecule has 0 saturated carbocycles. The van der Waals surface area contributed by atoms with E-state index in [4.69, 9.17) is 10.00 Å². The standard InChI is InChI=1S/C15H11NO2.C2H6.CHN/c1-10-8-11(6-7-16-10)9-14-12-4-2-3-5-13(12)15(17)18-14;2*1-2/h2-9H,1H3;1-2H3;1H/b14-9-;;. The molecule has 0 radical (unpaired) electrons. The topological polar surface area (TPSA) is 63.0 Å². The SMILES string of the molecule is C#N.CC.Cc1cc(/C=C2\OC(=O)c3ccccc32)ccn1. The number of rotatable bonds is 1. The number of pyridine rings is 1. The number of carbonyl (C=O) groups excluding carboxylic acids is 1. The Labute approximate surface area is 130 Å². The van der Waals surface area contributed by atoms with Gasteiger partial charge in [-0.2, -0.15) is 0 Å². The molecule has 4 nitrogen and oxygen atoms in total. The van der Waals surface area contributed by atoms with E-state index in [1.54, 1.807) is 12.3 Å². The average molecular weight is 294 g/mol. The van der Waals surface area contributed by atoms with Crippen LogP contribution in [-0.4, -0.2) is 11.0 Å². The quantitative estimate of drug-likeness (QED) is 0.738. The van der Waals surface area contributed by atoms with Crippen molar-refractivity contribution in [2.24, 2.45) is 0 Å². The molecule has 0 spiro atoms. The van der Waals surface area contributed by atoms with Crippen molar-refractivity contribution in [3.63, 3.8) is 0 Å². The number of aryl methyl sites for hydroxylation is 1. The smallest absolute Gasteiger partial charge is 0.344 e. The predicted molar refractivity (Wildman–Crippen MR) is 86.7 cm³/mol. The Morgan fingerprint density at radius 3 is 2.41 bits per heavy atom. The molecule has 0 atom stereocenters. The largest absolute Gasteiger partial charge is 0.422 e. The third kappa shape index (κ3) is 3.80. The van der Waals surface area contributed by atoms with Crippen LogP contribution in [0.15, 0.2) is 42.6 Å². The van der Waals surface area contributed by atoms with Crippen LogP contribution in [0, 0.1) is 18.8 Å². The molecular weight excluding hydrogens is 276 g/mol. The van der Waals surface area contributed by atoms with E-state index in [1.165, 1.54) is 0 Å². The number of aromatic nitrogens is 1. The third-order valence-electron chi connectivity index (χ3n) is 2.83. The molecule has 0 N–H and O–H groups in total. The molecule has 0 bridgehead atoms. The van der Waals surface area contributed by atoms with Crippen LogP contribution >= 0.6 is 0 Å². The number of cyclic esters (lactones) is 1. The van der Waals surface area contributed by atoms with Gasteiger partial charge in [0.1, 0.15) is 5.76 Å². The van der Waals surface area contributed by atoms with Crippen LogP contribution in [0.5, 0.6) is 0 Å². The molecule has 22 heavy (non-hydrogen) atoms. The van der Waals surface area contributed by atoms with Crippen LogP contribution in [0.2, 0.25) is 0 Å². The van der Waals surface area contributed by atoms with Gasteiger partial charge >= 0.3 is 5.97 Å². The van der Waals surface area contributed by atoms with Crippen LogP contribution < -0.4 is 0 Å². The number of hydrogen-bond acceptors (Lipinski definition) is 4. The van der Waals surface area contributed by atoms with Crippen molar-refractivity contribution < 1.29 is 9.53 Å². The van der Waals surface area contributed by atoms with Gasteiger partial charge in [-0.3, -0.25) is 4.98 Å². The van der Waals surface area contributed by atoms with E-state index in [9.17, 15) is 4.79 Å². The first-order valence-electron chi connectivity index (χ1n) is 6.96. The zero-order valence-electron chi connectivity index (χ0n) is 12.9. The highest BCUT2D eigenvalue weighted by atomic mass is 16.5. The summed E-state index contributed by atoms with van der Waals surface area (Å²) in [5, 5.41) is 6.50. The maximum Gasteiger partial charge on any atom is 0.344 e. The number of carbonyl (C=O) groups is 1. The fourth-order valence-corrected chi connectivity index (χ4v) is 2.00.